The Morgan fingerprint density at radius 3 is 2.26 bits per heavy atom. The minimum atomic E-state index is -0.375. The summed E-state index contributed by atoms with van der Waals surface area (Å²) in [6.07, 6.45) is 21.9. The van der Waals surface area contributed by atoms with Gasteiger partial charge in [-0.1, -0.05) is 33.1 Å². The first-order chi connectivity index (χ1) is 16.4. The van der Waals surface area contributed by atoms with E-state index >= 15 is 0 Å². The summed E-state index contributed by atoms with van der Waals surface area (Å²) < 4.78 is 5.41. The van der Waals surface area contributed by atoms with Crippen LogP contribution in [0.2, 0.25) is 0 Å². The lowest BCUT2D eigenvalue weighted by atomic mass is 9.99. The normalized spacial score (nSPS) is 16.9. The molecule has 1 aliphatic rings. The van der Waals surface area contributed by atoms with E-state index in [2.05, 4.69) is 17.2 Å². The summed E-state index contributed by atoms with van der Waals surface area (Å²) in [7, 11) is 1.53. The molecule has 0 aliphatic carbocycles. The topological polar surface area (TPSA) is 75.7 Å². The summed E-state index contributed by atoms with van der Waals surface area (Å²) in [4.78, 5) is 39.2. The van der Waals surface area contributed by atoms with Gasteiger partial charge in [-0.3, -0.25) is 19.3 Å². The van der Waals surface area contributed by atoms with Crippen LogP contribution in [0.3, 0.4) is 0 Å². The lowest BCUT2D eigenvalue weighted by Gasteiger charge is -2.27. The number of nitrogens with one attached hydrogen (secondary N) is 1. The van der Waals surface area contributed by atoms with Crippen LogP contribution < -0.4 is 5.32 Å². The highest BCUT2D eigenvalue weighted by Crippen LogP contribution is 2.27. The number of unbranched alkanes of at least 4 members (excludes halogenated alkanes) is 6. The van der Waals surface area contributed by atoms with Crippen LogP contribution in [0.5, 0.6) is 0 Å². The van der Waals surface area contributed by atoms with E-state index in [1.54, 1.807) is 0 Å². The van der Waals surface area contributed by atoms with Gasteiger partial charge in [-0.25, -0.2) is 0 Å². The first kappa shape index (κ1) is 29.3. The van der Waals surface area contributed by atoms with E-state index < -0.39 is 0 Å². The highest BCUT2D eigenvalue weighted by molar-refractivity contribution is 6.04. The van der Waals surface area contributed by atoms with Crippen molar-refractivity contribution in [3.8, 4) is 24.7 Å². The molecular weight excluding hydrogens is 428 g/mol. The average Bonchev–Trinajstić information content (AvgIpc) is 3.15. The smallest absolute Gasteiger partial charge is 0.257 e. The Kier molecular flexibility index (Phi) is 14.5. The van der Waals surface area contributed by atoms with E-state index in [4.69, 9.17) is 17.6 Å². The van der Waals surface area contributed by atoms with Crippen LogP contribution >= 0.6 is 0 Å². The van der Waals surface area contributed by atoms with Gasteiger partial charge in [-0.05, 0) is 44.9 Å². The number of nitrogens with zero attached hydrogens (tertiary/aromatic N) is 1. The summed E-state index contributed by atoms with van der Waals surface area (Å²) in [6.45, 7) is 4.38. The van der Waals surface area contributed by atoms with E-state index in [0.29, 0.717) is 18.7 Å². The van der Waals surface area contributed by atoms with Crippen LogP contribution in [0.15, 0.2) is 11.8 Å². The molecule has 3 atom stereocenters. The Bertz CT molecular complexity index is 774. The second kappa shape index (κ2) is 16.8. The number of terminal acetylenes is 2. The molecule has 0 fully saturated rings. The number of amides is 3. The lowest BCUT2D eigenvalue weighted by molar-refractivity contribution is -0.146. The summed E-state index contributed by atoms with van der Waals surface area (Å²) in [5.41, 5.74) is 0. The zero-order valence-electron chi connectivity index (χ0n) is 21.2. The largest absolute Gasteiger partial charge is 0.499 e. The van der Waals surface area contributed by atoms with Gasteiger partial charge in [0.25, 0.3) is 5.91 Å². The predicted molar refractivity (Wildman–Crippen MR) is 135 cm³/mol. The van der Waals surface area contributed by atoms with Gasteiger partial charge in [0, 0.05) is 37.3 Å². The molecule has 0 aromatic rings. The maximum atomic E-state index is 13.0. The minimum absolute atomic E-state index is 0.0329. The summed E-state index contributed by atoms with van der Waals surface area (Å²) >= 11 is 0. The fourth-order valence-electron chi connectivity index (χ4n) is 4.17. The van der Waals surface area contributed by atoms with E-state index in [1.807, 2.05) is 13.8 Å². The zero-order valence-corrected chi connectivity index (χ0v) is 21.2. The predicted octanol–water partition coefficient (Wildman–Crippen LogP) is 4.59. The van der Waals surface area contributed by atoms with Crippen LogP contribution in [0.1, 0.15) is 90.9 Å². The van der Waals surface area contributed by atoms with Gasteiger partial charge < -0.3 is 10.1 Å². The number of carbonyl (C=O) groups excluding carboxylic acids is 3. The van der Waals surface area contributed by atoms with Gasteiger partial charge >= 0.3 is 0 Å². The number of ether oxygens (including phenoxy) is 1. The van der Waals surface area contributed by atoms with E-state index in [1.165, 1.54) is 18.1 Å². The van der Waals surface area contributed by atoms with E-state index in [-0.39, 0.29) is 35.6 Å². The molecule has 1 N–H and O–H groups in total. The SMILES string of the molecule is C#CCCCCC[C@@H](C)C(=O)N1C(=O)C=C(OC)[C@H]1CCCCNC(=O)[C@H](C)CCCCC#C. The van der Waals surface area contributed by atoms with Crippen LogP contribution in [-0.4, -0.2) is 42.3 Å². The molecule has 6 nitrogen and oxygen atoms in total. The van der Waals surface area contributed by atoms with Crippen molar-refractivity contribution in [2.45, 2.75) is 96.9 Å². The summed E-state index contributed by atoms with van der Waals surface area (Å²) in [5.74, 6) is 5.11. The van der Waals surface area contributed by atoms with E-state index in [0.717, 1.165) is 70.6 Å². The van der Waals surface area contributed by atoms with Crippen molar-refractivity contribution in [2.24, 2.45) is 11.8 Å². The summed E-state index contributed by atoms with van der Waals surface area (Å²) in [5, 5.41) is 2.99. The molecule has 0 saturated carbocycles. The molecule has 0 aromatic carbocycles. The average molecular weight is 471 g/mol. The number of rotatable bonds is 17. The maximum absolute atomic E-state index is 13.0. The Labute approximate surface area is 206 Å². The molecule has 3 amide bonds. The van der Waals surface area contributed by atoms with Gasteiger partial charge in [-0.15, -0.1) is 24.7 Å². The van der Waals surface area contributed by atoms with Gasteiger partial charge in [0.1, 0.15) is 5.76 Å². The zero-order chi connectivity index (χ0) is 25.3. The number of imide groups is 1. The highest BCUT2D eigenvalue weighted by atomic mass is 16.5. The fourth-order valence-corrected chi connectivity index (χ4v) is 4.17. The second-order valence-corrected chi connectivity index (χ2v) is 9.16. The van der Waals surface area contributed by atoms with Crippen molar-refractivity contribution in [2.75, 3.05) is 13.7 Å². The van der Waals surface area contributed by atoms with Crippen molar-refractivity contribution in [3.63, 3.8) is 0 Å². The molecule has 0 spiro atoms. The van der Waals surface area contributed by atoms with Gasteiger partial charge in [0.15, 0.2) is 0 Å². The molecule has 188 valence electrons. The quantitative estimate of drug-likeness (QED) is 0.249. The molecule has 0 unspecified atom stereocenters. The minimum Gasteiger partial charge on any atom is -0.499 e. The van der Waals surface area contributed by atoms with Gasteiger partial charge in [0.2, 0.25) is 11.8 Å². The number of carbonyl (C=O) groups is 3. The van der Waals surface area contributed by atoms with Crippen LogP contribution in [-0.2, 0) is 19.1 Å². The molecule has 1 rings (SSSR count). The van der Waals surface area contributed by atoms with Gasteiger partial charge in [-0.2, -0.15) is 0 Å². The molecule has 6 heteroatoms. The maximum Gasteiger partial charge on any atom is 0.257 e. The Hall–Kier alpha value is -2.73. The molecule has 0 radical (unpaired) electrons. The van der Waals surface area contributed by atoms with Crippen molar-refractivity contribution < 1.29 is 19.1 Å². The fraction of sp³-hybridized carbons (Fsp3) is 0.679. The number of hydrogen-bond acceptors (Lipinski definition) is 4. The second-order valence-electron chi connectivity index (χ2n) is 9.16. The monoisotopic (exact) mass is 470 g/mol. The van der Waals surface area contributed by atoms with E-state index in [9.17, 15) is 14.4 Å². The first-order valence-corrected chi connectivity index (χ1v) is 12.6. The van der Waals surface area contributed by atoms with Crippen molar-refractivity contribution in [3.05, 3.63) is 11.8 Å². The number of hydrogen-bond donors (Lipinski definition) is 1. The Morgan fingerprint density at radius 2 is 1.62 bits per heavy atom. The lowest BCUT2D eigenvalue weighted by Crippen LogP contribution is -2.43. The standard InChI is InChI=1S/C28H42N2O4/c1-6-8-10-12-14-18-23(4)28(33)30-24(25(34-5)21-26(30)31)19-15-16-20-29-27(32)22(3)17-13-11-9-7-2/h1-2,21-24H,8-20H2,3-5H3,(H,29,32)/t22-,23-,24-/m1/s1. The molecule has 34 heavy (non-hydrogen) atoms. The third kappa shape index (κ3) is 10.0. The van der Waals surface area contributed by atoms with Crippen molar-refractivity contribution in [1.82, 2.24) is 10.2 Å². The van der Waals surface area contributed by atoms with Crippen LogP contribution in [0.4, 0.5) is 0 Å². The highest BCUT2D eigenvalue weighted by Gasteiger charge is 2.39. The molecule has 0 aromatic heterocycles. The Morgan fingerprint density at radius 1 is 1.00 bits per heavy atom. The molecule has 1 aliphatic heterocycles. The third-order valence-corrected chi connectivity index (χ3v) is 6.36. The van der Waals surface area contributed by atoms with Crippen LogP contribution in [0, 0.1) is 36.5 Å². The van der Waals surface area contributed by atoms with Crippen molar-refractivity contribution >= 4 is 17.7 Å². The van der Waals surface area contributed by atoms with Crippen molar-refractivity contribution in [1.29, 1.82) is 0 Å². The molecule has 0 bridgehead atoms. The number of methoxy groups -OCH3 is 1. The first-order valence-electron chi connectivity index (χ1n) is 12.6. The Balaban J connectivity index is 2.46. The van der Waals surface area contributed by atoms with Crippen LogP contribution in [0.25, 0.3) is 0 Å². The third-order valence-electron chi connectivity index (χ3n) is 6.36. The van der Waals surface area contributed by atoms with Gasteiger partial charge in [0.05, 0.1) is 13.2 Å². The molecule has 1 heterocycles. The molecular formula is C28H42N2O4. The summed E-state index contributed by atoms with van der Waals surface area (Å²) in [6, 6.07) is -0.375. The molecule has 0 saturated heterocycles.